The Bertz CT molecular complexity index is 206. The van der Waals surface area contributed by atoms with Crippen LogP contribution in [0.15, 0.2) is 5.16 Å². The van der Waals surface area contributed by atoms with E-state index in [9.17, 15) is 0 Å². The van der Waals surface area contributed by atoms with Crippen molar-refractivity contribution in [3.63, 3.8) is 0 Å². The van der Waals surface area contributed by atoms with Crippen LogP contribution >= 0.6 is 0 Å². The Morgan fingerprint density at radius 3 is 3.00 bits per heavy atom. The second kappa shape index (κ2) is 5.20. The summed E-state index contributed by atoms with van der Waals surface area (Å²) in [4.78, 5) is 2.30. The first-order valence-corrected chi connectivity index (χ1v) is 5.40. The fourth-order valence-electron chi connectivity index (χ4n) is 2.05. The summed E-state index contributed by atoms with van der Waals surface area (Å²) in [5.41, 5.74) is 5.59. The molecule has 0 saturated carbocycles. The predicted octanol–water partition coefficient (Wildman–Crippen LogP) is 1.24. The summed E-state index contributed by atoms with van der Waals surface area (Å²) < 4.78 is 0. The summed E-state index contributed by atoms with van der Waals surface area (Å²) >= 11 is 0. The van der Waals surface area contributed by atoms with Gasteiger partial charge in [0.25, 0.3) is 0 Å². The second-order valence-electron chi connectivity index (χ2n) is 4.11. The maximum Gasteiger partial charge on any atom is 0.156 e. The van der Waals surface area contributed by atoms with E-state index < -0.39 is 0 Å². The summed E-state index contributed by atoms with van der Waals surface area (Å²) in [6.45, 7) is 6.36. The molecule has 0 amide bonds. The number of likely N-dealkylation sites (tertiary alicyclic amines) is 1. The van der Waals surface area contributed by atoms with Crippen molar-refractivity contribution >= 4 is 5.84 Å². The minimum Gasteiger partial charge on any atom is -0.409 e. The average molecular weight is 199 g/mol. The van der Waals surface area contributed by atoms with Crippen LogP contribution in [0.4, 0.5) is 0 Å². The molecule has 2 unspecified atom stereocenters. The fraction of sp³-hybridized carbons (Fsp3) is 0.900. The van der Waals surface area contributed by atoms with Crippen molar-refractivity contribution in [1.29, 1.82) is 0 Å². The molecule has 1 fully saturated rings. The standard InChI is InChI=1S/C10H21N3O/c1-3-9-5-4-6-13(7-9)8(2)10(11)12-14/h8-9,14H,3-7H2,1-2H3,(H2,11,12). The molecule has 0 spiro atoms. The van der Waals surface area contributed by atoms with Crippen LogP contribution in [0.1, 0.15) is 33.1 Å². The summed E-state index contributed by atoms with van der Waals surface area (Å²) in [5, 5.41) is 11.7. The number of hydrogen-bond donors (Lipinski definition) is 2. The molecule has 4 nitrogen and oxygen atoms in total. The van der Waals surface area contributed by atoms with Gasteiger partial charge in [-0.25, -0.2) is 0 Å². The Kier molecular flexibility index (Phi) is 4.20. The molecular formula is C10H21N3O. The summed E-state index contributed by atoms with van der Waals surface area (Å²) in [6, 6.07) is 0.0642. The monoisotopic (exact) mass is 199 g/mol. The van der Waals surface area contributed by atoms with Gasteiger partial charge in [0.05, 0.1) is 6.04 Å². The first kappa shape index (κ1) is 11.3. The molecule has 0 aliphatic carbocycles. The quantitative estimate of drug-likeness (QED) is 0.311. The lowest BCUT2D eigenvalue weighted by Crippen LogP contribution is -2.47. The van der Waals surface area contributed by atoms with Gasteiger partial charge < -0.3 is 10.9 Å². The molecule has 1 aliphatic heterocycles. The Balaban J connectivity index is 2.51. The van der Waals surface area contributed by atoms with Gasteiger partial charge in [-0.2, -0.15) is 0 Å². The molecule has 1 heterocycles. The number of piperidine rings is 1. The van der Waals surface area contributed by atoms with Gasteiger partial charge in [-0.15, -0.1) is 0 Å². The molecule has 0 aromatic rings. The third-order valence-corrected chi connectivity index (χ3v) is 3.22. The summed E-state index contributed by atoms with van der Waals surface area (Å²) in [7, 11) is 0. The molecule has 14 heavy (non-hydrogen) atoms. The molecule has 0 aromatic heterocycles. The Morgan fingerprint density at radius 2 is 2.43 bits per heavy atom. The highest BCUT2D eigenvalue weighted by Crippen LogP contribution is 2.20. The van der Waals surface area contributed by atoms with Crippen molar-refractivity contribution in [1.82, 2.24) is 4.90 Å². The lowest BCUT2D eigenvalue weighted by Gasteiger charge is -2.35. The van der Waals surface area contributed by atoms with Crippen LogP contribution in [-0.4, -0.2) is 35.1 Å². The van der Waals surface area contributed by atoms with E-state index >= 15 is 0 Å². The lowest BCUT2D eigenvalue weighted by atomic mass is 9.94. The lowest BCUT2D eigenvalue weighted by molar-refractivity contribution is 0.154. The van der Waals surface area contributed by atoms with Crippen molar-refractivity contribution in [3.8, 4) is 0 Å². The van der Waals surface area contributed by atoms with E-state index in [2.05, 4.69) is 17.0 Å². The molecule has 0 bridgehead atoms. The SMILES string of the molecule is CCC1CCCN(C(C)/C(N)=N/O)C1. The largest absolute Gasteiger partial charge is 0.409 e. The highest BCUT2D eigenvalue weighted by Gasteiger charge is 2.24. The van der Waals surface area contributed by atoms with Crippen LogP contribution in [0.3, 0.4) is 0 Å². The Morgan fingerprint density at radius 1 is 1.71 bits per heavy atom. The molecular weight excluding hydrogens is 178 g/mol. The second-order valence-corrected chi connectivity index (χ2v) is 4.11. The van der Waals surface area contributed by atoms with Gasteiger partial charge in [0, 0.05) is 6.54 Å². The number of nitrogens with zero attached hydrogens (tertiary/aromatic N) is 2. The summed E-state index contributed by atoms with van der Waals surface area (Å²) in [6.07, 6.45) is 3.76. The van der Waals surface area contributed by atoms with Crippen LogP contribution in [-0.2, 0) is 0 Å². The normalized spacial score (nSPS) is 27.6. The Labute approximate surface area is 85.8 Å². The fourth-order valence-corrected chi connectivity index (χ4v) is 2.05. The van der Waals surface area contributed by atoms with Gasteiger partial charge in [-0.1, -0.05) is 18.5 Å². The number of nitrogens with two attached hydrogens (primary N) is 1. The molecule has 4 heteroatoms. The van der Waals surface area contributed by atoms with Crippen molar-refractivity contribution in [2.45, 2.75) is 39.2 Å². The molecule has 0 radical (unpaired) electrons. The number of hydrogen-bond acceptors (Lipinski definition) is 3. The van der Waals surface area contributed by atoms with Gasteiger partial charge in [0.1, 0.15) is 0 Å². The van der Waals surface area contributed by atoms with Crippen molar-refractivity contribution < 1.29 is 5.21 Å². The first-order chi connectivity index (χ1) is 6.69. The van der Waals surface area contributed by atoms with E-state index in [4.69, 9.17) is 10.9 Å². The van der Waals surface area contributed by atoms with Crippen LogP contribution < -0.4 is 5.73 Å². The highest BCUT2D eigenvalue weighted by molar-refractivity contribution is 5.84. The van der Waals surface area contributed by atoms with Crippen LogP contribution in [0.25, 0.3) is 0 Å². The minimum absolute atomic E-state index is 0.0642. The molecule has 2 atom stereocenters. The first-order valence-electron chi connectivity index (χ1n) is 5.40. The van der Waals surface area contributed by atoms with E-state index in [0.717, 1.165) is 19.0 Å². The number of oxime groups is 1. The van der Waals surface area contributed by atoms with Gasteiger partial charge >= 0.3 is 0 Å². The van der Waals surface area contributed by atoms with Crippen LogP contribution in [0.5, 0.6) is 0 Å². The van der Waals surface area contributed by atoms with Crippen molar-refractivity contribution in [2.24, 2.45) is 16.8 Å². The molecule has 82 valence electrons. The molecule has 1 saturated heterocycles. The molecule has 0 aromatic carbocycles. The van der Waals surface area contributed by atoms with Crippen molar-refractivity contribution in [2.75, 3.05) is 13.1 Å². The van der Waals surface area contributed by atoms with E-state index in [-0.39, 0.29) is 6.04 Å². The van der Waals surface area contributed by atoms with E-state index in [0.29, 0.717) is 5.84 Å². The zero-order valence-corrected chi connectivity index (χ0v) is 9.11. The maximum absolute atomic E-state index is 8.60. The van der Waals surface area contributed by atoms with E-state index in [1.807, 2.05) is 6.92 Å². The zero-order valence-electron chi connectivity index (χ0n) is 9.11. The van der Waals surface area contributed by atoms with E-state index in [1.54, 1.807) is 0 Å². The predicted molar refractivity (Wildman–Crippen MR) is 57.5 cm³/mol. The maximum atomic E-state index is 8.60. The van der Waals surface area contributed by atoms with Gasteiger partial charge in [-0.05, 0) is 32.2 Å². The molecule has 1 aliphatic rings. The average Bonchev–Trinajstić information content (AvgIpc) is 2.27. The number of rotatable bonds is 3. The third-order valence-electron chi connectivity index (χ3n) is 3.22. The third kappa shape index (κ3) is 2.61. The highest BCUT2D eigenvalue weighted by atomic mass is 16.4. The van der Waals surface area contributed by atoms with Crippen LogP contribution in [0.2, 0.25) is 0 Å². The Hall–Kier alpha value is -0.770. The smallest absolute Gasteiger partial charge is 0.156 e. The van der Waals surface area contributed by atoms with Gasteiger partial charge in [-0.3, -0.25) is 4.90 Å². The topological polar surface area (TPSA) is 61.8 Å². The van der Waals surface area contributed by atoms with Crippen molar-refractivity contribution in [3.05, 3.63) is 0 Å². The van der Waals surface area contributed by atoms with E-state index in [1.165, 1.54) is 19.3 Å². The van der Waals surface area contributed by atoms with Crippen LogP contribution in [0, 0.1) is 5.92 Å². The zero-order chi connectivity index (χ0) is 10.6. The molecule has 3 N–H and O–H groups in total. The number of amidine groups is 1. The minimum atomic E-state index is 0.0642. The van der Waals surface area contributed by atoms with Gasteiger partial charge in [0.2, 0.25) is 0 Å². The molecule has 1 rings (SSSR count). The van der Waals surface area contributed by atoms with Gasteiger partial charge in [0.15, 0.2) is 5.84 Å². The summed E-state index contributed by atoms with van der Waals surface area (Å²) in [5.74, 6) is 1.10.